The molecule has 0 bridgehead atoms. The van der Waals surface area contributed by atoms with Crippen molar-refractivity contribution in [2.24, 2.45) is 5.92 Å². The minimum atomic E-state index is 0.210. The van der Waals surface area contributed by atoms with Crippen molar-refractivity contribution in [2.75, 3.05) is 20.3 Å². The van der Waals surface area contributed by atoms with Crippen LogP contribution in [-0.4, -0.2) is 26.1 Å². The molecule has 0 unspecified atom stereocenters. The Kier molecular flexibility index (Phi) is 5.40. The van der Waals surface area contributed by atoms with Crippen molar-refractivity contribution in [3.05, 3.63) is 29.8 Å². The van der Waals surface area contributed by atoms with Crippen molar-refractivity contribution in [3.8, 4) is 5.75 Å². The molecule has 1 fully saturated rings. The lowest BCUT2D eigenvalue weighted by Gasteiger charge is -2.10. The van der Waals surface area contributed by atoms with Crippen LogP contribution in [0.2, 0.25) is 0 Å². The normalized spacial score (nSPS) is 15.6. The smallest absolute Gasteiger partial charge is 0.173 e. The molecular formula is C16H22O3. The third kappa shape index (κ3) is 4.35. The molecule has 1 aromatic carbocycles. The van der Waals surface area contributed by atoms with Gasteiger partial charge in [-0.05, 0) is 37.0 Å². The van der Waals surface area contributed by atoms with Crippen molar-refractivity contribution >= 4 is 5.78 Å². The van der Waals surface area contributed by atoms with Crippen LogP contribution < -0.4 is 4.74 Å². The summed E-state index contributed by atoms with van der Waals surface area (Å²) in [5.41, 5.74) is 1.22. The van der Waals surface area contributed by atoms with E-state index < -0.39 is 0 Å². The second kappa shape index (κ2) is 7.29. The van der Waals surface area contributed by atoms with Crippen LogP contribution in [0.1, 0.15) is 31.2 Å². The van der Waals surface area contributed by atoms with E-state index in [4.69, 9.17) is 9.47 Å². The topological polar surface area (TPSA) is 35.5 Å². The minimum Gasteiger partial charge on any atom is -0.486 e. The molecule has 1 aliphatic carbocycles. The summed E-state index contributed by atoms with van der Waals surface area (Å²) in [7, 11) is 1.70. The molecule has 1 saturated carbocycles. The van der Waals surface area contributed by atoms with Gasteiger partial charge in [-0.3, -0.25) is 4.79 Å². The molecule has 0 N–H and O–H groups in total. The average molecular weight is 262 g/mol. The second-order valence-corrected chi connectivity index (χ2v) is 5.12. The molecule has 0 saturated heterocycles. The fourth-order valence-corrected chi connectivity index (χ4v) is 2.49. The highest BCUT2D eigenvalue weighted by molar-refractivity contribution is 5.82. The summed E-state index contributed by atoms with van der Waals surface area (Å²) in [5.74, 6) is 1.26. The fraction of sp³-hybridized carbons (Fsp3) is 0.562. The van der Waals surface area contributed by atoms with Gasteiger partial charge in [0, 0.05) is 13.0 Å². The van der Waals surface area contributed by atoms with E-state index >= 15 is 0 Å². The van der Waals surface area contributed by atoms with Crippen LogP contribution in [0.15, 0.2) is 24.3 Å². The Morgan fingerprint density at radius 3 is 2.53 bits per heavy atom. The summed E-state index contributed by atoms with van der Waals surface area (Å²) >= 11 is 0. The zero-order chi connectivity index (χ0) is 13.5. The van der Waals surface area contributed by atoms with Gasteiger partial charge in [0.2, 0.25) is 0 Å². The van der Waals surface area contributed by atoms with Crippen molar-refractivity contribution in [2.45, 2.75) is 32.1 Å². The number of carbonyl (C=O) groups is 1. The summed E-state index contributed by atoms with van der Waals surface area (Å²) < 4.78 is 10.6. The predicted octanol–water partition coefficient (Wildman–Crippen LogP) is 3.01. The minimum absolute atomic E-state index is 0.210. The first kappa shape index (κ1) is 14.1. The lowest BCUT2D eigenvalue weighted by atomic mass is 10.0. The van der Waals surface area contributed by atoms with Crippen molar-refractivity contribution in [1.29, 1.82) is 0 Å². The Hall–Kier alpha value is -1.35. The highest BCUT2D eigenvalue weighted by atomic mass is 16.5. The Balaban J connectivity index is 1.77. The van der Waals surface area contributed by atoms with Gasteiger partial charge >= 0.3 is 0 Å². The molecule has 3 heteroatoms. The first-order valence-electron chi connectivity index (χ1n) is 7.03. The van der Waals surface area contributed by atoms with Gasteiger partial charge in [0.05, 0.1) is 6.61 Å². The number of ether oxygens (including phenoxy) is 2. The van der Waals surface area contributed by atoms with Crippen LogP contribution in [0.4, 0.5) is 0 Å². The number of hydrogen-bond donors (Lipinski definition) is 0. The first-order valence-corrected chi connectivity index (χ1v) is 7.03. The van der Waals surface area contributed by atoms with Gasteiger partial charge in [-0.2, -0.15) is 0 Å². The number of ketones is 1. The Morgan fingerprint density at radius 1 is 1.21 bits per heavy atom. The first-order chi connectivity index (χ1) is 9.29. The van der Waals surface area contributed by atoms with Crippen LogP contribution in [-0.2, 0) is 16.0 Å². The molecule has 104 valence electrons. The van der Waals surface area contributed by atoms with E-state index in [0.29, 0.717) is 0 Å². The zero-order valence-electron chi connectivity index (χ0n) is 11.6. The van der Waals surface area contributed by atoms with Gasteiger partial charge in [0.1, 0.15) is 12.4 Å². The molecule has 0 radical (unpaired) electrons. The molecule has 0 heterocycles. The van der Waals surface area contributed by atoms with Gasteiger partial charge in [0.25, 0.3) is 0 Å². The standard InChI is InChI=1S/C16H22O3/c1-18-11-10-13-6-8-15(9-7-13)19-12-16(17)14-4-2-3-5-14/h6-9,14H,2-5,10-12H2,1H3. The van der Waals surface area contributed by atoms with Gasteiger partial charge in [-0.1, -0.05) is 25.0 Å². The maximum Gasteiger partial charge on any atom is 0.173 e. The van der Waals surface area contributed by atoms with E-state index in [1.807, 2.05) is 24.3 Å². The lowest BCUT2D eigenvalue weighted by Crippen LogP contribution is -2.19. The molecule has 0 spiro atoms. The SMILES string of the molecule is COCCc1ccc(OCC(=O)C2CCCC2)cc1. The van der Waals surface area contributed by atoms with E-state index in [0.717, 1.165) is 31.6 Å². The van der Waals surface area contributed by atoms with Crippen molar-refractivity contribution in [1.82, 2.24) is 0 Å². The number of rotatable bonds is 7. The second-order valence-electron chi connectivity index (χ2n) is 5.12. The maximum atomic E-state index is 11.9. The monoisotopic (exact) mass is 262 g/mol. The van der Waals surface area contributed by atoms with Crippen molar-refractivity contribution < 1.29 is 14.3 Å². The number of benzene rings is 1. The highest BCUT2D eigenvalue weighted by Crippen LogP contribution is 2.25. The van der Waals surface area contributed by atoms with Crippen LogP contribution >= 0.6 is 0 Å². The quantitative estimate of drug-likeness (QED) is 0.757. The van der Waals surface area contributed by atoms with E-state index in [2.05, 4.69) is 0 Å². The van der Waals surface area contributed by atoms with E-state index in [1.54, 1.807) is 7.11 Å². The molecule has 0 atom stereocenters. The third-order valence-corrected chi connectivity index (χ3v) is 3.71. The van der Waals surface area contributed by atoms with Gasteiger partial charge in [-0.25, -0.2) is 0 Å². The average Bonchev–Trinajstić information content (AvgIpc) is 2.98. The van der Waals surface area contributed by atoms with Crippen molar-refractivity contribution in [3.63, 3.8) is 0 Å². The lowest BCUT2D eigenvalue weighted by molar-refractivity contribution is -0.124. The Labute approximate surface area is 114 Å². The summed E-state index contributed by atoms with van der Waals surface area (Å²) in [5, 5.41) is 0. The summed E-state index contributed by atoms with van der Waals surface area (Å²) in [6, 6.07) is 7.89. The van der Waals surface area contributed by atoms with E-state index in [1.165, 1.54) is 18.4 Å². The number of carbonyl (C=O) groups excluding carboxylic acids is 1. The Bertz CT molecular complexity index is 391. The number of Topliss-reactive ketones (excluding diaryl/α,β-unsaturated/α-hetero) is 1. The molecule has 0 aromatic heterocycles. The maximum absolute atomic E-state index is 11.9. The van der Waals surface area contributed by atoms with Crippen LogP contribution in [0.25, 0.3) is 0 Å². The van der Waals surface area contributed by atoms with Gasteiger partial charge in [-0.15, -0.1) is 0 Å². The molecule has 0 aliphatic heterocycles. The molecule has 0 amide bonds. The highest BCUT2D eigenvalue weighted by Gasteiger charge is 2.22. The van der Waals surface area contributed by atoms with Crippen LogP contribution in [0, 0.1) is 5.92 Å². The predicted molar refractivity (Wildman–Crippen MR) is 74.5 cm³/mol. The molecule has 2 rings (SSSR count). The molecule has 19 heavy (non-hydrogen) atoms. The largest absolute Gasteiger partial charge is 0.486 e. The van der Waals surface area contributed by atoms with Gasteiger partial charge < -0.3 is 9.47 Å². The fourth-order valence-electron chi connectivity index (χ4n) is 2.49. The number of methoxy groups -OCH3 is 1. The van der Waals surface area contributed by atoms with Gasteiger partial charge in [0.15, 0.2) is 5.78 Å². The summed E-state index contributed by atoms with van der Waals surface area (Å²) in [6.45, 7) is 0.933. The van der Waals surface area contributed by atoms with Crippen LogP contribution in [0.3, 0.4) is 0 Å². The van der Waals surface area contributed by atoms with E-state index in [9.17, 15) is 4.79 Å². The molecule has 3 nitrogen and oxygen atoms in total. The summed E-state index contributed by atoms with van der Waals surface area (Å²) in [6.07, 6.45) is 5.35. The molecular weight excluding hydrogens is 240 g/mol. The van der Waals surface area contributed by atoms with Crippen LogP contribution in [0.5, 0.6) is 5.75 Å². The Morgan fingerprint density at radius 2 is 1.89 bits per heavy atom. The molecule has 1 aromatic rings. The third-order valence-electron chi connectivity index (χ3n) is 3.71. The number of hydrogen-bond acceptors (Lipinski definition) is 3. The van der Waals surface area contributed by atoms with E-state index in [-0.39, 0.29) is 18.3 Å². The molecule has 1 aliphatic rings. The zero-order valence-corrected chi connectivity index (χ0v) is 11.6. The summed E-state index contributed by atoms with van der Waals surface area (Å²) in [4.78, 5) is 11.9.